The molecular formula is C21H19ClFIN4O3. The summed E-state index contributed by atoms with van der Waals surface area (Å²) in [6.45, 7) is 1.97. The SMILES string of the molecule is COCc1nnc(N2CC(c3ccc(F)cc3Cl)[C@@H](I)C2)n1-c1ccc2c(c1)OCO2. The van der Waals surface area contributed by atoms with Gasteiger partial charge in [-0.25, -0.2) is 4.39 Å². The Kier molecular flexibility index (Phi) is 5.65. The molecule has 3 heterocycles. The van der Waals surface area contributed by atoms with Crippen molar-refractivity contribution in [1.29, 1.82) is 0 Å². The van der Waals surface area contributed by atoms with Crippen LogP contribution < -0.4 is 14.4 Å². The van der Waals surface area contributed by atoms with E-state index in [0.717, 1.165) is 17.8 Å². The molecular weight excluding hydrogens is 538 g/mol. The quantitative estimate of drug-likeness (QED) is 0.344. The molecule has 0 saturated carbocycles. The normalized spacial score (nSPS) is 19.9. The summed E-state index contributed by atoms with van der Waals surface area (Å²) in [5.41, 5.74) is 1.81. The monoisotopic (exact) mass is 556 g/mol. The number of halogens is 3. The first kappa shape index (κ1) is 20.8. The highest BCUT2D eigenvalue weighted by molar-refractivity contribution is 14.1. The van der Waals surface area contributed by atoms with Crippen LogP contribution in [0, 0.1) is 5.82 Å². The topological polar surface area (TPSA) is 61.6 Å². The minimum Gasteiger partial charge on any atom is -0.454 e. The third-order valence-electron chi connectivity index (χ3n) is 5.49. The van der Waals surface area contributed by atoms with Gasteiger partial charge in [0.15, 0.2) is 17.3 Å². The van der Waals surface area contributed by atoms with Crippen LogP contribution in [0.5, 0.6) is 11.5 Å². The zero-order chi connectivity index (χ0) is 21.5. The van der Waals surface area contributed by atoms with Gasteiger partial charge in [-0.05, 0) is 29.8 Å². The number of methoxy groups -OCH3 is 1. The Morgan fingerprint density at radius 1 is 1.16 bits per heavy atom. The molecule has 7 nitrogen and oxygen atoms in total. The molecule has 0 spiro atoms. The lowest BCUT2D eigenvalue weighted by Gasteiger charge is -2.20. The molecule has 2 atom stereocenters. The van der Waals surface area contributed by atoms with Crippen LogP contribution in [0.15, 0.2) is 36.4 Å². The van der Waals surface area contributed by atoms with Crippen molar-refractivity contribution in [3.63, 3.8) is 0 Å². The van der Waals surface area contributed by atoms with Crippen molar-refractivity contribution in [2.24, 2.45) is 0 Å². The number of nitrogens with zero attached hydrogens (tertiary/aromatic N) is 4. The zero-order valence-corrected chi connectivity index (χ0v) is 19.5. The third kappa shape index (κ3) is 3.83. The molecule has 10 heteroatoms. The van der Waals surface area contributed by atoms with Gasteiger partial charge in [0.1, 0.15) is 12.4 Å². The number of fused-ring (bicyclic) bond motifs is 1. The molecule has 0 bridgehead atoms. The molecule has 0 aliphatic carbocycles. The molecule has 1 saturated heterocycles. The average Bonchev–Trinajstić information content (AvgIpc) is 3.46. The lowest BCUT2D eigenvalue weighted by molar-refractivity contribution is 0.173. The fourth-order valence-electron chi connectivity index (χ4n) is 4.05. The summed E-state index contributed by atoms with van der Waals surface area (Å²) < 4.78 is 32.1. The Labute approximate surface area is 197 Å². The van der Waals surface area contributed by atoms with Gasteiger partial charge >= 0.3 is 0 Å². The van der Waals surface area contributed by atoms with E-state index < -0.39 is 0 Å². The van der Waals surface area contributed by atoms with E-state index in [9.17, 15) is 4.39 Å². The number of anilines is 1. The maximum absolute atomic E-state index is 13.5. The molecule has 2 aliphatic heterocycles. The third-order valence-corrected chi connectivity index (χ3v) is 7.08. The van der Waals surface area contributed by atoms with Crippen LogP contribution in [0.3, 0.4) is 0 Å². The fraction of sp³-hybridized carbons (Fsp3) is 0.333. The highest BCUT2D eigenvalue weighted by atomic mass is 127. The zero-order valence-electron chi connectivity index (χ0n) is 16.6. The Bertz CT molecular complexity index is 1130. The van der Waals surface area contributed by atoms with Crippen LogP contribution in [0.2, 0.25) is 5.02 Å². The van der Waals surface area contributed by atoms with Crippen molar-refractivity contribution in [2.75, 3.05) is 31.9 Å². The summed E-state index contributed by atoms with van der Waals surface area (Å²) in [4.78, 5) is 2.18. The first-order valence-corrected chi connectivity index (χ1v) is 11.3. The van der Waals surface area contributed by atoms with Gasteiger partial charge < -0.3 is 19.1 Å². The van der Waals surface area contributed by atoms with Gasteiger partial charge in [-0.1, -0.05) is 40.3 Å². The summed E-state index contributed by atoms with van der Waals surface area (Å²) in [6.07, 6.45) is 0. The number of aromatic nitrogens is 3. The number of ether oxygens (including phenoxy) is 3. The van der Waals surface area contributed by atoms with Crippen LogP contribution in [0.4, 0.5) is 10.3 Å². The molecule has 0 N–H and O–H groups in total. The summed E-state index contributed by atoms with van der Waals surface area (Å²) in [7, 11) is 1.63. The van der Waals surface area contributed by atoms with Crippen LogP contribution in [0.25, 0.3) is 5.69 Å². The molecule has 3 aromatic rings. The Morgan fingerprint density at radius 3 is 2.81 bits per heavy atom. The minimum absolute atomic E-state index is 0.140. The van der Waals surface area contributed by atoms with Crippen LogP contribution in [-0.4, -0.2) is 45.7 Å². The van der Waals surface area contributed by atoms with E-state index in [-0.39, 0.29) is 22.5 Å². The summed E-state index contributed by atoms with van der Waals surface area (Å²) in [5, 5.41) is 9.29. The summed E-state index contributed by atoms with van der Waals surface area (Å²) in [5.74, 6) is 2.61. The molecule has 162 valence electrons. The summed E-state index contributed by atoms with van der Waals surface area (Å²) >= 11 is 8.78. The van der Waals surface area contributed by atoms with E-state index in [1.165, 1.54) is 12.1 Å². The Morgan fingerprint density at radius 2 is 2.00 bits per heavy atom. The van der Waals surface area contributed by atoms with E-state index >= 15 is 0 Å². The summed E-state index contributed by atoms with van der Waals surface area (Å²) in [6, 6.07) is 10.3. The average molecular weight is 557 g/mol. The van der Waals surface area contributed by atoms with E-state index in [0.29, 0.717) is 41.4 Å². The number of hydrogen-bond donors (Lipinski definition) is 0. The molecule has 1 unspecified atom stereocenters. The maximum Gasteiger partial charge on any atom is 0.232 e. The van der Waals surface area contributed by atoms with Gasteiger partial charge in [0.25, 0.3) is 0 Å². The van der Waals surface area contributed by atoms with Crippen molar-refractivity contribution in [3.8, 4) is 17.2 Å². The van der Waals surface area contributed by atoms with Crippen molar-refractivity contribution in [1.82, 2.24) is 14.8 Å². The number of hydrogen-bond acceptors (Lipinski definition) is 6. The van der Waals surface area contributed by atoms with Crippen LogP contribution in [-0.2, 0) is 11.3 Å². The van der Waals surface area contributed by atoms with Gasteiger partial charge in [-0.15, -0.1) is 10.2 Å². The van der Waals surface area contributed by atoms with E-state index in [1.54, 1.807) is 13.2 Å². The molecule has 31 heavy (non-hydrogen) atoms. The van der Waals surface area contributed by atoms with Gasteiger partial charge in [0, 0.05) is 41.1 Å². The molecule has 0 radical (unpaired) electrons. The van der Waals surface area contributed by atoms with Crippen molar-refractivity contribution >= 4 is 40.1 Å². The molecule has 1 fully saturated rings. The maximum atomic E-state index is 13.5. The van der Waals surface area contributed by atoms with Crippen LogP contribution in [0.1, 0.15) is 17.3 Å². The van der Waals surface area contributed by atoms with Crippen LogP contribution >= 0.6 is 34.2 Å². The predicted octanol–water partition coefficient (Wildman–Crippen LogP) is 4.34. The van der Waals surface area contributed by atoms with Crippen molar-refractivity contribution < 1.29 is 18.6 Å². The van der Waals surface area contributed by atoms with Gasteiger partial charge in [0.05, 0.1) is 5.69 Å². The van der Waals surface area contributed by atoms with E-state index in [1.807, 2.05) is 22.8 Å². The van der Waals surface area contributed by atoms with Gasteiger partial charge in [-0.2, -0.15) is 0 Å². The van der Waals surface area contributed by atoms with E-state index in [4.69, 9.17) is 25.8 Å². The second-order valence-electron chi connectivity index (χ2n) is 7.42. The van der Waals surface area contributed by atoms with Gasteiger partial charge in [0.2, 0.25) is 12.7 Å². The second-order valence-corrected chi connectivity index (χ2v) is 9.42. The molecule has 0 amide bonds. The molecule has 2 aromatic carbocycles. The molecule has 2 aliphatic rings. The Balaban J connectivity index is 1.51. The number of rotatable bonds is 5. The number of benzene rings is 2. The standard InChI is InChI=1S/C21H19ClFIN4O3/c1-29-10-20-25-26-21(28(20)13-3-5-18-19(7-13)31-11-30-18)27-8-15(17(24)9-27)14-4-2-12(23)6-16(14)22/h2-7,15,17H,8-11H2,1H3/t15?,17-/m0/s1. The largest absolute Gasteiger partial charge is 0.454 e. The van der Waals surface area contributed by atoms with Crippen molar-refractivity contribution in [3.05, 3.63) is 58.6 Å². The second kappa shape index (κ2) is 8.44. The van der Waals surface area contributed by atoms with Crippen molar-refractivity contribution in [2.45, 2.75) is 16.4 Å². The lowest BCUT2D eigenvalue weighted by atomic mass is 9.98. The predicted molar refractivity (Wildman–Crippen MR) is 122 cm³/mol. The molecule has 5 rings (SSSR count). The van der Waals surface area contributed by atoms with Gasteiger partial charge in [-0.3, -0.25) is 4.57 Å². The number of alkyl halides is 1. The highest BCUT2D eigenvalue weighted by Crippen LogP contribution is 2.40. The fourth-order valence-corrected chi connectivity index (χ4v) is 5.44. The van der Waals surface area contributed by atoms with E-state index in [2.05, 4.69) is 37.7 Å². The Hall–Kier alpha value is -2.11. The smallest absolute Gasteiger partial charge is 0.232 e. The lowest BCUT2D eigenvalue weighted by Crippen LogP contribution is -2.24. The first-order valence-electron chi connectivity index (χ1n) is 9.72. The first-order chi connectivity index (χ1) is 15.0. The minimum atomic E-state index is -0.333. The molecule has 1 aromatic heterocycles. The highest BCUT2D eigenvalue weighted by Gasteiger charge is 2.36.